The van der Waals surface area contributed by atoms with Crippen molar-refractivity contribution in [3.05, 3.63) is 124 Å². The number of rotatable bonds is 2. The van der Waals surface area contributed by atoms with Gasteiger partial charge in [0, 0.05) is 34.1 Å². The van der Waals surface area contributed by atoms with Crippen molar-refractivity contribution in [2.24, 2.45) is 0 Å². The number of fused-ring (bicyclic) bond motifs is 6. The van der Waals surface area contributed by atoms with Gasteiger partial charge in [0.05, 0.1) is 0 Å². The topological polar surface area (TPSA) is 6.48 Å². The van der Waals surface area contributed by atoms with E-state index in [-0.39, 0.29) is 33.8 Å². The number of hydrogen-bond donors (Lipinski definition) is 0. The summed E-state index contributed by atoms with van der Waals surface area (Å²) in [5.74, 6) is 0. The van der Waals surface area contributed by atoms with Crippen molar-refractivity contribution < 1.29 is 0 Å². The zero-order valence-electron chi connectivity index (χ0n) is 35.9. The second-order valence-electron chi connectivity index (χ2n) is 21.3. The van der Waals surface area contributed by atoms with Gasteiger partial charge in [0.1, 0.15) is 0 Å². The summed E-state index contributed by atoms with van der Waals surface area (Å²) in [5, 5.41) is 0. The minimum Gasteiger partial charge on any atom is -0.311 e. The largest absolute Gasteiger partial charge is 0.311 e. The molecule has 4 aliphatic rings. The van der Waals surface area contributed by atoms with Crippen LogP contribution in [0.15, 0.2) is 84.9 Å². The van der Waals surface area contributed by atoms with Crippen molar-refractivity contribution in [3.8, 4) is 0 Å². The molecule has 5 aromatic carbocycles. The molecule has 2 aliphatic carbocycles. The fraction of sp³-hybridized carbons (Fsp3) is 0.423. The van der Waals surface area contributed by atoms with Gasteiger partial charge in [-0.1, -0.05) is 125 Å². The van der Waals surface area contributed by atoms with E-state index in [4.69, 9.17) is 0 Å². The second-order valence-corrected chi connectivity index (χ2v) is 21.3. The maximum atomic E-state index is 2.69. The minimum atomic E-state index is -0.0554. The molecule has 55 heavy (non-hydrogen) atoms. The van der Waals surface area contributed by atoms with E-state index >= 15 is 0 Å². The van der Waals surface area contributed by atoms with E-state index in [0.717, 1.165) is 0 Å². The highest BCUT2D eigenvalue weighted by Crippen LogP contribution is 2.53. The molecule has 2 nitrogen and oxygen atoms in total. The Hall–Kier alpha value is -4.24. The van der Waals surface area contributed by atoms with Gasteiger partial charge < -0.3 is 9.80 Å². The fourth-order valence-corrected chi connectivity index (χ4v) is 10.7. The molecule has 0 N–H and O–H groups in total. The number of nitrogens with zero attached hydrogens (tertiary/aromatic N) is 2. The first-order chi connectivity index (χ1) is 25.7. The first-order valence-corrected chi connectivity index (χ1v) is 21.0. The molecule has 2 aliphatic heterocycles. The summed E-state index contributed by atoms with van der Waals surface area (Å²) in [7, 11) is 0. The molecule has 0 radical (unpaired) electrons. The quantitative estimate of drug-likeness (QED) is 0.164. The maximum Gasteiger partial charge on any atom is 0.252 e. The van der Waals surface area contributed by atoms with Gasteiger partial charge in [0.15, 0.2) is 0 Å². The third-order valence-electron chi connectivity index (χ3n) is 14.6. The van der Waals surface area contributed by atoms with Crippen LogP contribution >= 0.6 is 0 Å². The van der Waals surface area contributed by atoms with E-state index in [0.29, 0.717) is 0 Å². The van der Waals surface area contributed by atoms with Crippen LogP contribution in [0.2, 0.25) is 0 Å². The van der Waals surface area contributed by atoms with Gasteiger partial charge in [0.25, 0.3) is 6.71 Å². The Kier molecular flexibility index (Phi) is 7.71. The summed E-state index contributed by atoms with van der Waals surface area (Å²) in [4.78, 5) is 5.33. The van der Waals surface area contributed by atoms with Crippen LogP contribution in [-0.2, 0) is 27.1 Å². The summed E-state index contributed by atoms with van der Waals surface area (Å²) < 4.78 is 0. The lowest BCUT2D eigenvalue weighted by molar-refractivity contribution is 0.332. The number of aryl methyl sites for hydroxylation is 2. The minimum absolute atomic E-state index is 0.0554. The monoisotopic (exact) mass is 724 g/mol. The Morgan fingerprint density at radius 2 is 0.800 bits per heavy atom. The van der Waals surface area contributed by atoms with E-state index in [1.54, 1.807) is 0 Å². The van der Waals surface area contributed by atoms with E-state index in [1.807, 2.05) is 0 Å². The number of benzene rings is 5. The molecule has 2 heterocycles. The number of hydrogen-bond acceptors (Lipinski definition) is 2. The molecule has 9 rings (SSSR count). The molecule has 0 aromatic heterocycles. The third-order valence-corrected chi connectivity index (χ3v) is 14.6. The third kappa shape index (κ3) is 5.34. The first-order valence-electron chi connectivity index (χ1n) is 21.0. The predicted molar refractivity (Wildman–Crippen MR) is 239 cm³/mol. The summed E-state index contributed by atoms with van der Waals surface area (Å²) in [6.07, 6.45) is 4.78. The predicted octanol–water partition coefficient (Wildman–Crippen LogP) is 12.4. The zero-order valence-corrected chi connectivity index (χ0v) is 35.9. The van der Waals surface area contributed by atoms with E-state index < -0.39 is 0 Å². The molecule has 282 valence electrons. The van der Waals surface area contributed by atoms with Crippen LogP contribution in [0, 0.1) is 13.8 Å². The lowest BCUT2D eigenvalue weighted by atomic mass is 9.32. The van der Waals surface area contributed by atoms with Crippen LogP contribution in [0.1, 0.15) is 141 Å². The smallest absolute Gasteiger partial charge is 0.252 e. The van der Waals surface area contributed by atoms with Crippen molar-refractivity contribution in [2.75, 3.05) is 9.80 Å². The van der Waals surface area contributed by atoms with Crippen LogP contribution < -0.4 is 26.2 Å². The van der Waals surface area contributed by atoms with Crippen LogP contribution in [0.3, 0.4) is 0 Å². The van der Waals surface area contributed by atoms with Crippen LogP contribution in [0.25, 0.3) is 0 Å². The SMILES string of the molecule is Cc1ccccc1N1c2cc3c(cc2B2c4cc5c(cc4N(c4ccccc4C)c4cc(C(C)(C)C)cc1c42)C(C)(C)CCC5(C)C)C(C)(C)CCC3(C)C. The fourth-order valence-electron chi connectivity index (χ4n) is 10.7. The molecule has 0 fully saturated rings. The summed E-state index contributed by atoms with van der Waals surface area (Å²) >= 11 is 0. The summed E-state index contributed by atoms with van der Waals surface area (Å²) in [6, 6.07) is 33.9. The van der Waals surface area contributed by atoms with Crippen LogP contribution in [-0.4, -0.2) is 6.71 Å². The highest BCUT2D eigenvalue weighted by Gasteiger charge is 2.49. The molecule has 0 saturated carbocycles. The van der Waals surface area contributed by atoms with Crippen LogP contribution in [0.4, 0.5) is 34.1 Å². The molecule has 0 bridgehead atoms. The highest BCUT2D eigenvalue weighted by molar-refractivity contribution is 7.00. The molecule has 5 aromatic rings. The molecular weight excluding hydrogens is 663 g/mol. The molecule has 0 amide bonds. The van der Waals surface area contributed by atoms with E-state index in [2.05, 4.69) is 185 Å². The normalized spacial score (nSPS) is 19.5. The standard InChI is InChI=1S/C52H61BN2/c1-32-18-14-16-20-41(32)54-43-30-37-35(49(6,7)22-24-51(37,10)11)28-39(43)53-40-29-36-38(52(12,13)25-23-50(36,8)9)31-44(40)55(42-21-17-15-19-33(42)2)46-27-34(48(3,4)5)26-45(54)47(46)53/h14-21,26-31H,22-25H2,1-13H3. The van der Waals surface area contributed by atoms with Gasteiger partial charge in [0.2, 0.25) is 0 Å². The highest BCUT2D eigenvalue weighted by atomic mass is 15.2. The van der Waals surface area contributed by atoms with E-state index in [1.165, 1.54) is 115 Å². The molecule has 3 heteroatoms. The lowest BCUT2D eigenvalue weighted by Crippen LogP contribution is -2.62. The Bertz CT molecular complexity index is 2260. The molecule has 0 saturated heterocycles. The van der Waals surface area contributed by atoms with Crippen molar-refractivity contribution in [1.29, 1.82) is 0 Å². The average molecular weight is 725 g/mol. The molecule has 0 spiro atoms. The Morgan fingerprint density at radius 3 is 1.15 bits per heavy atom. The van der Waals surface area contributed by atoms with Gasteiger partial charge >= 0.3 is 0 Å². The zero-order chi connectivity index (χ0) is 39.2. The average Bonchev–Trinajstić information content (AvgIpc) is 3.11. The number of para-hydroxylation sites is 2. The van der Waals surface area contributed by atoms with Gasteiger partial charge in [-0.05, 0) is 158 Å². The molecule has 0 atom stereocenters. The first kappa shape index (κ1) is 36.4. The van der Waals surface area contributed by atoms with E-state index in [9.17, 15) is 0 Å². The van der Waals surface area contributed by atoms with Crippen molar-refractivity contribution in [2.45, 2.75) is 143 Å². The van der Waals surface area contributed by atoms with Crippen LogP contribution in [0.5, 0.6) is 0 Å². The van der Waals surface area contributed by atoms with Gasteiger partial charge in [-0.25, -0.2) is 0 Å². The number of anilines is 6. The summed E-state index contributed by atoms with van der Waals surface area (Å²) in [6.45, 7) is 31.7. The lowest BCUT2D eigenvalue weighted by Gasteiger charge is -2.49. The van der Waals surface area contributed by atoms with Gasteiger partial charge in [-0.3, -0.25) is 0 Å². The van der Waals surface area contributed by atoms with Gasteiger partial charge in [-0.2, -0.15) is 0 Å². The molecule has 0 unspecified atom stereocenters. The second kappa shape index (κ2) is 11.7. The van der Waals surface area contributed by atoms with Crippen molar-refractivity contribution >= 4 is 57.2 Å². The Morgan fingerprint density at radius 1 is 0.455 bits per heavy atom. The van der Waals surface area contributed by atoms with Gasteiger partial charge in [-0.15, -0.1) is 0 Å². The molecular formula is C52H61BN2. The Balaban J connectivity index is 1.49. The Labute approximate surface area is 332 Å². The van der Waals surface area contributed by atoms with Crippen molar-refractivity contribution in [3.63, 3.8) is 0 Å². The maximum absolute atomic E-state index is 2.69. The van der Waals surface area contributed by atoms with Crippen molar-refractivity contribution in [1.82, 2.24) is 0 Å². The summed E-state index contributed by atoms with van der Waals surface area (Å²) in [5.41, 5.74) is 22.6.